The van der Waals surface area contributed by atoms with Crippen molar-refractivity contribution in [3.8, 4) is 11.5 Å². The van der Waals surface area contributed by atoms with Gasteiger partial charge < -0.3 is 9.47 Å². The summed E-state index contributed by atoms with van der Waals surface area (Å²) in [4.78, 5) is 29.5. The molecule has 6 heteroatoms. The summed E-state index contributed by atoms with van der Waals surface area (Å²) < 4.78 is 10.8. The van der Waals surface area contributed by atoms with E-state index in [-0.39, 0.29) is 25.2 Å². The fourth-order valence-corrected chi connectivity index (χ4v) is 4.63. The summed E-state index contributed by atoms with van der Waals surface area (Å²) in [5.41, 5.74) is 3.09. The van der Waals surface area contributed by atoms with Gasteiger partial charge in [0.1, 0.15) is 0 Å². The number of hydrogen-bond donors (Lipinski definition) is 0. The molecule has 5 nitrogen and oxygen atoms in total. The lowest BCUT2D eigenvalue weighted by Crippen LogP contribution is -2.30. The molecule has 2 amide bonds. The van der Waals surface area contributed by atoms with E-state index >= 15 is 0 Å². The SMILES string of the molecule is Cc1ccc(C2=C(Sc3ccccc3)C(=O)N(Cc3ccc4c(c3)OCO4)C2=O)cc1. The summed E-state index contributed by atoms with van der Waals surface area (Å²) >= 11 is 1.33. The van der Waals surface area contributed by atoms with Gasteiger partial charge in [-0.15, -0.1) is 0 Å². The van der Waals surface area contributed by atoms with Crippen LogP contribution in [0, 0.1) is 6.92 Å². The predicted octanol–water partition coefficient (Wildman–Crippen LogP) is 4.80. The molecule has 5 rings (SSSR count). The van der Waals surface area contributed by atoms with Gasteiger partial charge >= 0.3 is 0 Å². The van der Waals surface area contributed by atoms with Gasteiger partial charge in [-0.1, -0.05) is 65.9 Å². The number of fused-ring (bicyclic) bond motifs is 1. The van der Waals surface area contributed by atoms with Crippen LogP contribution >= 0.6 is 11.8 Å². The molecule has 0 radical (unpaired) electrons. The fraction of sp³-hybridized carbons (Fsp3) is 0.120. The highest BCUT2D eigenvalue weighted by Gasteiger charge is 2.39. The van der Waals surface area contributed by atoms with Crippen molar-refractivity contribution >= 4 is 29.1 Å². The van der Waals surface area contributed by atoms with Crippen molar-refractivity contribution in [1.29, 1.82) is 0 Å². The van der Waals surface area contributed by atoms with Crippen LogP contribution in [0.4, 0.5) is 0 Å². The highest BCUT2D eigenvalue weighted by Crippen LogP contribution is 2.41. The van der Waals surface area contributed by atoms with Crippen LogP contribution < -0.4 is 9.47 Å². The molecule has 3 aromatic rings. The molecule has 0 spiro atoms. The lowest BCUT2D eigenvalue weighted by molar-refractivity contribution is -0.137. The average Bonchev–Trinajstić information content (AvgIpc) is 3.34. The zero-order valence-electron chi connectivity index (χ0n) is 16.8. The number of benzene rings is 3. The third-order valence-electron chi connectivity index (χ3n) is 5.21. The Morgan fingerprint density at radius 2 is 1.61 bits per heavy atom. The molecule has 2 aliphatic heterocycles. The first-order valence-corrected chi connectivity index (χ1v) is 10.7. The first-order chi connectivity index (χ1) is 15.1. The van der Waals surface area contributed by atoms with E-state index in [4.69, 9.17) is 9.47 Å². The fourth-order valence-electron chi connectivity index (χ4n) is 3.60. The van der Waals surface area contributed by atoms with Gasteiger partial charge in [0.2, 0.25) is 6.79 Å². The molecule has 0 atom stereocenters. The summed E-state index contributed by atoms with van der Waals surface area (Å²) in [5, 5.41) is 0. The minimum Gasteiger partial charge on any atom is -0.454 e. The maximum absolute atomic E-state index is 13.4. The number of hydrogen-bond acceptors (Lipinski definition) is 5. The van der Waals surface area contributed by atoms with Crippen LogP contribution in [0.25, 0.3) is 5.57 Å². The van der Waals surface area contributed by atoms with Crippen LogP contribution in [0.2, 0.25) is 0 Å². The second kappa shape index (κ2) is 7.96. The number of carbonyl (C=O) groups excluding carboxylic acids is 2. The molecule has 0 aromatic heterocycles. The van der Waals surface area contributed by atoms with Gasteiger partial charge in [0.15, 0.2) is 11.5 Å². The molecule has 2 aliphatic rings. The van der Waals surface area contributed by atoms with Crippen LogP contribution in [0.5, 0.6) is 11.5 Å². The summed E-state index contributed by atoms with van der Waals surface area (Å²) in [6, 6.07) is 22.8. The van der Waals surface area contributed by atoms with E-state index in [2.05, 4.69) is 0 Å². The van der Waals surface area contributed by atoms with E-state index in [0.29, 0.717) is 22.0 Å². The maximum atomic E-state index is 13.4. The number of aryl methyl sites for hydroxylation is 1. The molecule has 0 saturated carbocycles. The molecular weight excluding hydrogens is 410 g/mol. The number of rotatable bonds is 5. The van der Waals surface area contributed by atoms with Crippen molar-refractivity contribution in [2.24, 2.45) is 0 Å². The Morgan fingerprint density at radius 3 is 2.39 bits per heavy atom. The number of imide groups is 1. The zero-order chi connectivity index (χ0) is 21.4. The highest BCUT2D eigenvalue weighted by molar-refractivity contribution is 8.04. The molecule has 0 bridgehead atoms. The second-order valence-corrected chi connectivity index (χ2v) is 8.45. The molecule has 31 heavy (non-hydrogen) atoms. The predicted molar refractivity (Wildman–Crippen MR) is 119 cm³/mol. The zero-order valence-corrected chi connectivity index (χ0v) is 17.6. The van der Waals surface area contributed by atoms with Crippen LogP contribution in [-0.4, -0.2) is 23.5 Å². The van der Waals surface area contributed by atoms with Gasteiger partial charge in [0, 0.05) is 4.90 Å². The van der Waals surface area contributed by atoms with E-state index in [1.165, 1.54) is 16.7 Å². The van der Waals surface area contributed by atoms with Gasteiger partial charge in [-0.05, 0) is 42.3 Å². The Hall–Kier alpha value is -3.51. The molecule has 3 aromatic carbocycles. The van der Waals surface area contributed by atoms with Crippen molar-refractivity contribution in [2.45, 2.75) is 18.4 Å². The standard InChI is InChI=1S/C25H19NO4S/c1-16-7-10-18(11-8-16)22-23(31-19-5-3-2-4-6-19)25(28)26(24(22)27)14-17-9-12-20-21(13-17)30-15-29-20/h2-13H,14-15H2,1H3. The highest BCUT2D eigenvalue weighted by atomic mass is 32.2. The number of nitrogens with zero attached hydrogens (tertiary/aromatic N) is 1. The molecule has 2 heterocycles. The largest absolute Gasteiger partial charge is 0.454 e. The lowest BCUT2D eigenvalue weighted by Gasteiger charge is -2.15. The maximum Gasteiger partial charge on any atom is 0.268 e. The molecule has 0 unspecified atom stereocenters. The van der Waals surface area contributed by atoms with Gasteiger partial charge in [-0.2, -0.15) is 0 Å². The summed E-state index contributed by atoms with van der Waals surface area (Å²) in [5.74, 6) is 0.723. The average molecular weight is 429 g/mol. The van der Waals surface area contributed by atoms with Crippen molar-refractivity contribution in [3.63, 3.8) is 0 Å². The van der Waals surface area contributed by atoms with E-state index in [1.54, 1.807) is 6.07 Å². The third-order valence-corrected chi connectivity index (χ3v) is 6.30. The quantitative estimate of drug-likeness (QED) is 0.546. The van der Waals surface area contributed by atoms with E-state index < -0.39 is 0 Å². The molecule has 0 N–H and O–H groups in total. The first kappa shape index (κ1) is 19.5. The minimum atomic E-state index is -0.287. The Bertz CT molecular complexity index is 1200. The summed E-state index contributed by atoms with van der Waals surface area (Å²) in [6.07, 6.45) is 0. The second-order valence-electron chi connectivity index (χ2n) is 7.37. The number of ether oxygens (including phenoxy) is 2. The number of amides is 2. The molecule has 0 fully saturated rings. The van der Waals surface area contributed by atoms with Crippen molar-refractivity contribution in [3.05, 3.63) is 94.4 Å². The lowest BCUT2D eigenvalue weighted by atomic mass is 10.0. The van der Waals surface area contributed by atoms with Crippen molar-refractivity contribution in [1.82, 2.24) is 4.90 Å². The Labute approximate surface area is 184 Å². The topological polar surface area (TPSA) is 55.8 Å². The van der Waals surface area contributed by atoms with Gasteiger partial charge in [0.05, 0.1) is 17.0 Å². The number of carbonyl (C=O) groups is 2. The normalized spacial score (nSPS) is 15.2. The molecule has 0 saturated heterocycles. The third kappa shape index (κ3) is 3.70. The molecular formula is C25H19NO4S. The summed E-state index contributed by atoms with van der Waals surface area (Å²) in [7, 11) is 0. The smallest absolute Gasteiger partial charge is 0.268 e. The Balaban J connectivity index is 1.50. The van der Waals surface area contributed by atoms with Crippen molar-refractivity contribution < 1.29 is 19.1 Å². The van der Waals surface area contributed by atoms with Gasteiger partial charge in [-0.3, -0.25) is 14.5 Å². The van der Waals surface area contributed by atoms with Crippen molar-refractivity contribution in [2.75, 3.05) is 6.79 Å². The Morgan fingerprint density at radius 1 is 0.871 bits per heavy atom. The van der Waals surface area contributed by atoms with Crippen LogP contribution in [-0.2, 0) is 16.1 Å². The van der Waals surface area contributed by atoms with Gasteiger partial charge in [0.25, 0.3) is 11.8 Å². The first-order valence-electron chi connectivity index (χ1n) is 9.89. The monoisotopic (exact) mass is 429 g/mol. The molecule has 154 valence electrons. The van der Waals surface area contributed by atoms with E-state index in [0.717, 1.165) is 21.6 Å². The van der Waals surface area contributed by atoms with Gasteiger partial charge in [-0.25, -0.2) is 0 Å². The summed E-state index contributed by atoms with van der Waals surface area (Å²) in [6.45, 7) is 2.34. The number of thioether (sulfide) groups is 1. The van der Waals surface area contributed by atoms with Crippen LogP contribution in [0.15, 0.2) is 82.6 Å². The molecule has 0 aliphatic carbocycles. The Kier molecular flexibility index (Phi) is 5.00. The van der Waals surface area contributed by atoms with Crippen LogP contribution in [0.3, 0.4) is 0 Å². The van der Waals surface area contributed by atoms with Crippen LogP contribution in [0.1, 0.15) is 16.7 Å². The minimum absolute atomic E-state index is 0.169. The van der Waals surface area contributed by atoms with E-state index in [9.17, 15) is 9.59 Å². The van der Waals surface area contributed by atoms with E-state index in [1.807, 2.05) is 73.7 Å².